The highest BCUT2D eigenvalue weighted by molar-refractivity contribution is 6.01. The standard InChI is InChI=1S/C23H36N6O3/c1-7-12-29(23(31)14(3)8-2)19(25)13-18(20(26)22(30)27-5)28-17-11-9-10-16(15(4)24)21(17)32-6/h9-11,13-14,24,28H,7-8,12,25-26H2,1-6H3,(H,27,30)/b19-13+,20-18+,24-15?. The van der Waals surface area contributed by atoms with Gasteiger partial charge in [0.15, 0.2) is 5.75 Å². The highest BCUT2D eigenvalue weighted by Gasteiger charge is 2.22. The molecule has 0 saturated heterocycles. The van der Waals surface area contributed by atoms with Crippen LogP contribution < -0.4 is 26.8 Å². The number of hydrogen-bond acceptors (Lipinski definition) is 7. The highest BCUT2D eigenvalue weighted by Crippen LogP contribution is 2.30. The number of hydrogen-bond donors (Lipinski definition) is 5. The first-order valence-electron chi connectivity index (χ1n) is 10.6. The number of nitrogens with zero attached hydrogens (tertiary/aromatic N) is 1. The second-order valence-electron chi connectivity index (χ2n) is 7.41. The number of nitrogens with one attached hydrogen (secondary N) is 3. The first kappa shape index (κ1) is 26.5. The third kappa shape index (κ3) is 6.50. The first-order chi connectivity index (χ1) is 15.1. The summed E-state index contributed by atoms with van der Waals surface area (Å²) in [5.41, 5.74) is 13.9. The van der Waals surface area contributed by atoms with Crippen LogP contribution in [-0.2, 0) is 9.59 Å². The van der Waals surface area contributed by atoms with Gasteiger partial charge in [0.2, 0.25) is 5.91 Å². The van der Waals surface area contributed by atoms with Gasteiger partial charge >= 0.3 is 0 Å². The van der Waals surface area contributed by atoms with Crippen molar-refractivity contribution < 1.29 is 14.3 Å². The van der Waals surface area contributed by atoms with Crippen LogP contribution in [0.25, 0.3) is 0 Å². The minimum absolute atomic E-state index is 0.0972. The minimum Gasteiger partial charge on any atom is -0.494 e. The predicted octanol–water partition coefficient (Wildman–Crippen LogP) is 2.50. The molecule has 1 unspecified atom stereocenters. The number of allylic oxidation sites excluding steroid dienone is 1. The number of ether oxygens (including phenoxy) is 1. The second kappa shape index (κ2) is 12.4. The first-order valence-corrected chi connectivity index (χ1v) is 10.6. The van der Waals surface area contributed by atoms with E-state index in [9.17, 15) is 9.59 Å². The van der Waals surface area contributed by atoms with Crippen LogP contribution in [0, 0.1) is 11.3 Å². The number of para-hydroxylation sites is 1. The molecule has 0 heterocycles. The van der Waals surface area contributed by atoms with Crippen molar-refractivity contribution in [3.8, 4) is 5.75 Å². The van der Waals surface area contributed by atoms with Gasteiger partial charge in [-0.3, -0.25) is 14.5 Å². The summed E-state index contributed by atoms with van der Waals surface area (Å²) in [6.07, 6.45) is 2.87. The van der Waals surface area contributed by atoms with Crippen LogP contribution in [-0.4, -0.2) is 43.1 Å². The van der Waals surface area contributed by atoms with Crippen LogP contribution in [0.2, 0.25) is 0 Å². The number of anilines is 1. The lowest BCUT2D eigenvalue weighted by Gasteiger charge is -2.26. The number of methoxy groups -OCH3 is 1. The molecule has 2 amide bonds. The van der Waals surface area contributed by atoms with E-state index in [1.54, 1.807) is 25.1 Å². The highest BCUT2D eigenvalue weighted by atomic mass is 16.5. The molecule has 32 heavy (non-hydrogen) atoms. The summed E-state index contributed by atoms with van der Waals surface area (Å²) >= 11 is 0. The lowest BCUT2D eigenvalue weighted by atomic mass is 10.1. The Morgan fingerprint density at radius 3 is 2.44 bits per heavy atom. The van der Waals surface area contributed by atoms with Gasteiger partial charge in [-0.25, -0.2) is 0 Å². The van der Waals surface area contributed by atoms with E-state index in [0.29, 0.717) is 42.1 Å². The fourth-order valence-electron chi connectivity index (χ4n) is 2.99. The maximum atomic E-state index is 12.8. The number of likely N-dealkylation sites (N-methyl/N-ethyl adjacent to an activating group) is 1. The van der Waals surface area contributed by atoms with Crippen LogP contribution in [0.15, 0.2) is 41.5 Å². The van der Waals surface area contributed by atoms with Crippen molar-refractivity contribution in [2.24, 2.45) is 17.4 Å². The Hall–Kier alpha value is -3.49. The lowest BCUT2D eigenvalue weighted by Crippen LogP contribution is -2.38. The van der Waals surface area contributed by atoms with Gasteiger partial charge in [-0.15, -0.1) is 0 Å². The zero-order valence-corrected chi connectivity index (χ0v) is 19.8. The Morgan fingerprint density at radius 2 is 1.94 bits per heavy atom. The van der Waals surface area contributed by atoms with Crippen LogP contribution in [0.5, 0.6) is 5.75 Å². The quantitative estimate of drug-likeness (QED) is 0.201. The van der Waals surface area contributed by atoms with Gasteiger partial charge in [0, 0.05) is 36.9 Å². The molecule has 0 aromatic heterocycles. The van der Waals surface area contributed by atoms with E-state index in [-0.39, 0.29) is 29.0 Å². The number of carbonyl (C=O) groups excluding carboxylic acids is 2. The SMILES string of the molecule is CCCN(C(=O)C(C)CC)/C(N)=C/C(Nc1cccc(C(C)=N)c1OC)=C(\N)C(=O)NC. The summed E-state index contributed by atoms with van der Waals surface area (Å²) in [4.78, 5) is 26.6. The monoisotopic (exact) mass is 444 g/mol. The van der Waals surface area contributed by atoms with Gasteiger partial charge in [0.1, 0.15) is 11.5 Å². The van der Waals surface area contributed by atoms with Crippen molar-refractivity contribution in [1.29, 1.82) is 5.41 Å². The summed E-state index contributed by atoms with van der Waals surface area (Å²) in [6.45, 7) is 7.83. The Bertz CT molecular complexity index is 907. The van der Waals surface area contributed by atoms with Crippen molar-refractivity contribution in [2.45, 2.75) is 40.5 Å². The molecule has 0 saturated carbocycles. The minimum atomic E-state index is -0.509. The molecule has 176 valence electrons. The molecule has 0 aliphatic heterocycles. The van der Waals surface area contributed by atoms with Crippen LogP contribution in [0.4, 0.5) is 5.69 Å². The van der Waals surface area contributed by atoms with Crippen molar-refractivity contribution >= 4 is 23.2 Å². The molecule has 0 aliphatic rings. The Labute approximate surface area is 190 Å². The second-order valence-corrected chi connectivity index (χ2v) is 7.41. The van der Waals surface area contributed by atoms with E-state index in [0.717, 1.165) is 0 Å². The number of benzene rings is 1. The molecule has 7 N–H and O–H groups in total. The molecule has 1 aromatic rings. The number of amides is 2. The van der Waals surface area contributed by atoms with E-state index in [1.165, 1.54) is 25.1 Å². The molecule has 0 radical (unpaired) electrons. The summed E-state index contributed by atoms with van der Waals surface area (Å²) in [5, 5.41) is 13.6. The lowest BCUT2D eigenvalue weighted by molar-refractivity contribution is -0.133. The molecular weight excluding hydrogens is 408 g/mol. The summed E-state index contributed by atoms with van der Waals surface area (Å²) in [6, 6.07) is 5.26. The van der Waals surface area contributed by atoms with Gasteiger partial charge in [-0.1, -0.05) is 26.8 Å². The van der Waals surface area contributed by atoms with Gasteiger partial charge in [0.05, 0.1) is 18.5 Å². The zero-order chi connectivity index (χ0) is 24.4. The average Bonchev–Trinajstić information content (AvgIpc) is 2.79. The van der Waals surface area contributed by atoms with Crippen LogP contribution in [0.1, 0.15) is 46.1 Å². The smallest absolute Gasteiger partial charge is 0.269 e. The predicted molar refractivity (Wildman–Crippen MR) is 128 cm³/mol. The molecule has 9 nitrogen and oxygen atoms in total. The molecule has 1 aromatic carbocycles. The summed E-state index contributed by atoms with van der Waals surface area (Å²) in [5.74, 6) is -0.206. The van der Waals surface area contributed by atoms with Gasteiger partial charge in [0.25, 0.3) is 5.91 Å². The Morgan fingerprint density at radius 1 is 1.28 bits per heavy atom. The van der Waals surface area contributed by atoms with Crippen molar-refractivity contribution in [3.63, 3.8) is 0 Å². The molecule has 0 spiro atoms. The number of carbonyl (C=O) groups is 2. The molecule has 0 fully saturated rings. The molecule has 1 atom stereocenters. The fraction of sp³-hybridized carbons (Fsp3) is 0.435. The third-order valence-corrected chi connectivity index (χ3v) is 5.01. The maximum Gasteiger partial charge on any atom is 0.269 e. The number of nitrogens with two attached hydrogens (primary N) is 2. The van der Waals surface area contributed by atoms with E-state index in [4.69, 9.17) is 21.6 Å². The molecule has 0 aliphatic carbocycles. The maximum absolute atomic E-state index is 12.8. The van der Waals surface area contributed by atoms with Gasteiger partial charge < -0.3 is 32.2 Å². The van der Waals surface area contributed by atoms with Crippen molar-refractivity contribution in [1.82, 2.24) is 10.2 Å². The number of rotatable bonds is 11. The summed E-state index contributed by atoms with van der Waals surface area (Å²) in [7, 11) is 2.96. The van der Waals surface area contributed by atoms with Crippen LogP contribution in [0.3, 0.4) is 0 Å². The largest absolute Gasteiger partial charge is 0.494 e. The van der Waals surface area contributed by atoms with Crippen molar-refractivity contribution in [3.05, 3.63) is 47.1 Å². The van der Waals surface area contributed by atoms with Crippen LogP contribution >= 0.6 is 0 Å². The molecular formula is C23H36N6O3. The molecule has 0 bridgehead atoms. The van der Waals surface area contributed by atoms with E-state index < -0.39 is 5.91 Å². The fourth-order valence-corrected chi connectivity index (χ4v) is 2.99. The summed E-state index contributed by atoms with van der Waals surface area (Å²) < 4.78 is 5.50. The van der Waals surface area contributed by atoms with E-state index in [2.05, 4.69) is 10.6 Å². The zero-order valence-electron chi connectivity index (χ0n) is 19.8. The Kier molecular flexibility index (Phi) is 10.3. The topological polar surface area (TPSA) is 147 Å². The van der Waals surface area contributed by atoms with Crippen molar-refractivity contribution in [2.75, 3.05) is 26.0 Å². The average molecular weight is 445 g/mol. The van der Waals surface area contributed by atoms with Gasteiger partial charge in [-0.2, -0.15) is 0 Å². The third-order valence-electron chi connectivity index (χ3n) is 5.01. The molecule has 9 heteroatoms. The Balaban J connectivity index is 3.57. The van der Waals surface area contributed by atoms with E-state index in [1.807, 2.05) is 20.8 Å². The van der Waals surface area contributed by atoms with E-state index >= 15 is 0 Å². The normalized spacial score (nSPS) is 13.0. The molecule has 1 rings (SSSR count). The van der Waals surface area contributed by atoms with Gasteiger partial charge in [-0.05, 0) is 31.9 Å².